The third-order valence-electron chi connectivity index (χ3n) is 4.20. The molecule has 4 heteroatoms. The van der Waals surface area contributed by atoms with Gasteiger partial charge in [0.15, 0.2) is 11.7 Å². The van der Waals surface area contributed by atoms with Gasteiger partial charge >= 0.3 is 0 Å². The van der Waals surface area contributed by atoms with Gasteiger partial charge in [-0.05, 0) is 47.7 Å². The lowest BCUT2D eigenvalue weighted by Gasteiger charge is -2.08. The predicted molar refractivity (Wildman–Crippen MR) is 95.3 cm³/mol. The summed E-state index contributed by atoms with van der Waals surface area (Å²) in [5, 5.41) is 0.936. The first-order valence-electron chi connectivity index (χ1n) is 7.96. The summed E-state index contributed by atoms with van der Waals surface area (Å²) in [4.78, 5) is 0. The van der Waals surface area contributed by atoms with Crippen molar-refractivity contribution in [1.82, 2.24) is 0 Å². The molecule has 0 heterocycles. The maximum Gasteiger partial charge on any atom is 0.166 e. The first-order chi connectivity index (χ1) is 12.0. The molecule has 128 valence electrons. The third kappa shape index (κ3) is 3.25. The van der Waals surface area contributed by atoms with Crippen molar-refractivity contribution in [2.45, 2.75) is 13.3 Å². The molecule has 3 aromatic carbocycles. The molecule has 0 saturated carbocycles. The fraction of sp³-hybridized carbons (Fsp3) is 0.143. The molecule has 0 amide bonds. The van der Waals surface area contributed by atoms with Gasteiger partial charge in [0.05, 0.1) is 7.11 Å². The highest BCUT2D eigenvalue weighted by Crippen LogP contribution is 2.32. The molecule has 0 unspecified atom stereocenters. The smallest absolute Gasteiger partial charge is 0.166 e. The molecule has 3 aromatic rings. The first kappa shape index (κ1) is 17.1. The molecule has 0 aromatic heterocycles. The maximum atomic E-state index is 14.6. The van der Waals surface area contributed by atoms with Crippen molar-refractivity contribution in [2.75, 3.05) is 7.11 Å². The quantitative estimate of drug-likeness (QED) is 0.505. The van der Waals surface area contributed by atoms with Gasteiger partial charge in [0, 0.05) is 16.5 Å². The summed E-state index contributed by atoms with van der Waals surface area (Å²) in [6.45, 7) is 1.87. The van der Waals surface area contributed by atoms with E-state index in [1.807, 2.05) is 6.92 Å². The molecular formula is C21H17F3O. The predicted octanol–water partition coefficient (Wildman–Crippen LogP) is 6.31. The molecule has 0 bridgehead atoms. The van der Waals surface area contributed by atoms with E-state index in [2.05, 4.69) is 0 Å². The molecule has 0 spiro atoms. The molecule has 0 radical (unpaired) electrons. The Hall–Kier alpha value is -2.75. The molecule has 0 atom stereocenters. The average molecular weight is 342 g/mol. The van der Waals surface area contributed by atoms with Crippen molar-refractivity contribution >= 4 is 22.4 Å². The molecule has 25 heavy (non-hydrogen) atoms. The fourth-order valence-corrected chi connectivity index (χ4v) is 2.74. The Kier molecular flexibility index (Phi) is 4.79. The third-order valence-corrected chi connectivity index (χ3v) is 4.20. The number of benzene rings is 3. The van der Waals surface area contributed by atoms with Gasteiger partial charge in [-0.1, -0.05) is 31.2 Å². The summed E-state index contributed by atoms with van der Waals surface area (Å²) in [6.07, 6.45) is 0.573. The minimum atomic E-state index is -0.980. The number of methoxy groups -OCH3 is 1. The van der Waals surface area contributed by atoms with Crippen LogP contribution >= 0.6 is 0 Å². The Bertz CT molecular complexity index is 943. The Morgan fingerprint density at radius 1 is 0.880 bits per heavy atom. The van der Waals surface area contributed by atoms with Crippen LogP contribution in [0, 0.1) is 5.82 Å². The standard InChI is InChI=1S/C21H17F3O/c1-3-13-4-5-15-12-16(8-11-18(15)19(13)22)21(24)20(23)14-6-9-17(25-2)10-7-14/h4-12H,3H2,1-2H3. The van der Waals surface area contributed by atoms with Crippen LogP contribution in [0.1, 0.15) is 23.6 Å². The summed E-state index contributed by atoms with van der Waals surface area (Å²) in [7, 11) is 1.50. The summed E-state index contributed by atoms with van der Waals surface area (Å²) in [5.41, 5.74) is 0.788. The molecule has 1 nitrogen and oxygen atoms in total. The van der Waals surface area contributed by atoms with E-state index in [1.165, 1.54) is 37.4 Å². The van der Waals surface area contributed by atoms with E-state index in [-0.39, 0.29) is 16.9 Å². The maximum absolute atomic E-state index is 14.6. The monoisotopic (exact) mass is 342 g/mol. The molecule has 0 N–H and O–H groups in total. The highest BCUT2D eigenvalue weighted by molar-refractivity contribution is 5.90. The number of hydrogen-bond donors (Lipinski definition) is 0. The van der Waals surface area contributed by atoms with Crippen LogP contribution < -0.4 is 4.74 Å². The molecule has 3 rings (SSSR count). The zero-order valence-electron chi connectivity index (χ0n) is 13.9. The number of rotatable bonds is 4. The van der Waals surface area contributed by atoms with Crippen LogP contribution in [0.2, 0.25) is 0 Å². The summed E-state index contributed by atoms with van der Waals surface area (Å²) >= 11 is 0. The summed E-state index contributed by atoms with van der Waals surface area (Å²) < 4.78 is 48.3. The topological polar surface area (TPSA) is 9.23 Å². The molecular weight excluding hydrogens is 325 g/mol. The van der Waals surface area contributed by atoms with Gasteiger partial charge in [0.2, 0.25) is 0 Å². The highest BCUT2D eigenvalue weighted by Gasteiger charge is 2.13. The van der Waals surface area contributed by atoms with Crippen molar-refractivity contribution < 1.29 is 17.9 Å². The molecule has 0 aliphatic carbocycles. The summed E-state index contributed by atoms with van der Waals surface area (Å²) in [5.74, 6) is -1.70. The first-order valence-corrected chi connectivity index (χ1v) is 7.96. The molecule has 0 aliphatic heterocycles. The van der Waals surface area contributed by atoms with E-state index in [1.54, 1.807) is 24.3 Å². The van der Waals surface area contributed by atoms with E-state index < -0.39 is 11.7 Å². The Morgan fingerprint density at radius 3 is 2.16 bits per heavy atom. The lowest BCUT2D eigenvalue weighted by atomic mass is 10.0. The van der Waals surface area contributed by atoms with E-state index in [9.17, 15) is 13.2 Å². The minimum absolute atomic E-state index is 0.0736. The van der Waals surface area contributed by atoms with E-state index >= 15 is 0 Å². The van der Waals surface area contributed by atoms with Crippen molar-refractivity contribution in [3.05, 3.63) is 77.1 Å². The second kappa shape index (κ2) is 7.01. The van der Waals surface area contributed by atoms with Gasteiger partial charge in [-0.2, -0.15) is 0 Å². The van der Waals surface area contributed by atoms with Gasteiger partial charge in [-0.25, -0.2) is 13.2 Å². The molecule has 0 aliphatic rings. The minimum Gasteiger partial charge on any atom is -0.497 e. The van der Waals surface area contributed by atoms with Gasteiger partial charge in [0.25, 0.3) is 0 Å². The molecule has 0 fully saturated rings. The SMILES string of the molecule is CCc1ccc2cc(C(F)=C(F)c3ccc(OC)cc3)ccc2c1F. The van der Waals surface area contributed by atoms with Crippen LogP contribution in [0.3, 0.4) is 0 Å². The van der Waals surface area contributed by atoms with E-state index in [4.69, 9.17) is 4.74 Å². The number of halogens is 3. The van der Waals surface area contributed by atoms with E-state index in [0.717, 1.165) is 0 Å². The summed E-state index contributed by atoms with van der Waals surface area (Å²) in [6, 6.07) is 13.7. The largest absolute Gasteiger partial charge is 0.497 e. The van der Waals surface area contributed by atoms with Crippen LogP contribution in [-0.2, 0) is 6.42 Å². The molecule has 0 saturated heterocycles. The van der Waals surface area contributed by atoms with E-state index in [0.29, 0.717) is 28.5 Å². The lowest BCUT2D eigenvalue weighted by molar-refractivity contribution is 0.414. The normalized spacial score (nSPS) is 12.2. The van der Waals surface area contributed by atoms with Crippen LogP contribution in [-0.4, -0.2) is 7.11 Å². The second-order valence-corrected chi connectivity index (χ2v) is 5.68. The van der Waals surface area contributed by atoms with Crippen LogP contribution in [0.5, 0.6) is 5.75 Å². The number of fused-ring (bicyclic) bond motifs is 1. The van der Waals surface area contributed by atoms with Crippen molar-refractivity contribution in [1.29, 1.82) is 0 Å². The van der Waals surface area contributed by atoms with Crippen LogP contribution in [0.15, 0.2) is 54.6 Å². The average Bonchev–Trinajstić information content (AvgIpc) is 2.67. The zero-order chi connectivity index (χ0) is 18.0. The lowest BCUT2D eigenvalue weighted by Crippen LogP contribution is -1.91. The van der Waals surface area contributed by atoms with Crippen molar-refractivity contribution in [2.24, 2.45) is 0 Å². The number of aryl methyl sites for hydroxylation is 1. The highest BCUT2D eigenvalue weighted by atomic mass is 19.2. The number of ether oxygens (including phenoxy) is 1. The number of hydrogen-bond acceptors (Lipinski definition) is 1. The Labute approximate surface area is 144 Å². The second-order valence-electron chi connectivity index (χ2n) is 5.68. The van der Waals surface area contributed by atoms with Crippen LogP contribution in [0.25, 0.3) is 22.4 Å². The Morgan fingerprint density at radius 2 is 1.52 bits per heavy atom. The Balaban J connectivity index is 2.04. The van der Waals surface area contributed by atoms with Gasteiger partial charge < -0.3 is 4.74 Å². The van der Waals surface area contributed by atoms with Gasteiger partial charge in [-0.15, -0.1) is 0 Å². The van der Waals surface area contributed by atoms with Crippen LogP contribution in [0.4, 0.5) is 13.2 Å². The van der Waals surface area contributed by atoms with Gasteiger partial charge in [0.1, 0.15) is 11.6 Å². The fourth-order valence-electron chi connectivity index (χ4n) is 2.74. The van der Waals surface area contributed by atoms with Gasteiger partial charge in [-0.3, -0.25) is 0 Å². The zero-order valence-corrected chi connectivity index (χ0v) is 13.9. The van der Waals surface area contributed by atoms with Crippen molar-refractivity contribution in [3.63, 3.8) is 0 Å². The van der Waals surface area contributed by atoms with Crippen molar-refractivity contribution in [3.8, 4) is 5.75 Å².